The first-order chi connectivity index (χ1) is 17.4. The maximum atomic E-state index is 15.0. The summed E-state index contributed by atoms with van der Waals surface area (Å²) in [5.41, 5.74) is 1.14. The van der Waals surface area contributed by atoms with E-state index in [1.165, 1.54) is 6.07 Å². The highest BCUT2D eigenvalue weighted by Gasteiger charge is 2.58. The molecule has 1 saturated heterocycles. The van der Waals surface area contributed by atoms with E-state index in [1.807, 2.05) is 13.1 Å². The molecule has 0 radical (unpaired) electrons. The number of likely N-dealkylation sites (tertiary alicyclic amines) is 1. The molecule has 9 heteroatoms. The SMILES string of the molecule is CCn1cc(-c2ccc(C[C@@H](C#N)NC(=O)[C@@H]3[C@H]4C[C@@H]([C@@H](C)[C@H]4C)N3C(=O)OC(C)(C)C)c(F)c2)cn1. The largest absolute Gasteiger partial charge is 0.444 e. The van der Waals surface area contributed by atoms with Crippen molar-refractivity contribution in [3.8, 4) is 17.2 Å². The van der Waals surface area contributed by atoms with Crippen molar-refractivity contribution in [3.05, 3.63) is 42.0 Å². The first kappa shape index (κ1) is 26.6. The average molecular weight is 510 g/mol. The Morgan fingerprint density at radius 3 is 2.59 bits per heavy atom. The van der Waals surface area contributed by atoms with Gasteiger partial charge in [-0.05, 0) is 69.1 Å². The Morgan fingerprint density at radius 2 is 2.00 bits per heavy atom. The van der Waals surface area contributed by atoms with Crippen molar-refractivity contribution in [2.24, 2.45) is 17.8 Å². The summed E-state index contributed by atoms with van der Waals surface area (Å²) in [7, 11) is 0. The van der Waals surface area contributed by atoms with E-state index in [0.717, 1.165) is 18.5 Å². The summed E-state index contributed by atoms with van der Waals surface area (Å²) in [5.74, 6) is -0.374. The quantitative estimate of drug-likeness (QED) is 0.616. The number of piperidine rings is 1. The van der Waals surface area contributed by atoms with Gasteiger partial charge >= 0.3 is 6.09 Å². The number of amides is 2. The number of hydrogen-bond donors (Lipinski definition) is 1. The number of nitriles is 1. The minimum absolute atomic E-state index is 0.0157. The molecule has 0 unspecified atom stereocenters. The molecule has 1 N–H and O–H groups in total. The predicted molar refractivity (Wildman–Crippen MR) is 137 cm³/mol. The van der Waals surface area contributed by atoms with Crippen molar-refractivity contribution in [3.63, 3.8) is 0 Å². The summed E-state index contributed by atoms with van der Waals surface area (Å²) in [4.78, 5) is 28.1. The molecule has 1 saturated carbocycles. The molecule has 6 atom stereocenters. The van der Waals surface area contributed by atoms with Gasteiger partial charge in [0.1, 0.15) is 23.5 Å². The van der Waals surface area contributed by atoms with Gasteiger partial charge in [0.25, 0.3) is 0 Å². The molecule has 8 nitrogen and oxygen atoms in total. The monoisotopic (exact) mass is 509 g/mol. The fourth-order valence-corrected chi connectivity index (χ4v) is 5.71. The van der Waals surface area contributed by atoms with E-state index in [4.69, 9.17) is 4.74 Å². The number of nitrogens with zero attached hydrogens (tertiary/aromatic N) is 4. The highest BCUT2D eigenvalue weighted by Crippen LogP contribution is 2.50. The topological polar surface area (TPSA) is 100 Å². The van der Waals surface area contributed by atoms with Gasteiger partial charge in [-0.15, -0.1) is 0 Å². The maximum absolute atomic E-state index is 15.0. The van der Waals surface area contributed by atoms with Crippen LogP contribution in [0.4, 0.5) is 9.18 Å². The lowest BCUT2D eigenvalue weighted by Crippen LogP contribution is -2.58. The summed E-state index contributed by atoms with van der Waals surface area (Å²) >= 11 is 0. The van der Waals surface area contributed by atoms with Crippen LogP contribution in [-0.2, 0) is 22.5 Å². The first-order valence-electron chi connectivity index (χ1n) is 13.0. The summed E-state index contributed by atoms with van der Waals surface area (Å²) in [6, 6.07) is 5.19. The fourth-order valence-electron chi connectivity index (χ4n) is 5.71. The van der Waals surface area contributed by atoms with E-state index in [9.17, 15) is 19.2 Å². The second kappa shape index (κ2) is 10.2. The smallest absolute Gasteiger partial charge is 0.411 e. The van der Waals surface area contributed by atoms with Gasteiger partial charge in [-0.25, -0.2) is 9.18 Å². The van der Waals surface area contributed by atoms with Crippen LogP contribution in [0.25, 0.3) is 11.1 Å². The van der Waals surface area contributed by atoms with E-state index in [-0.39, 0.29) is 30.2 Å². The number of carbonyl (C=O) groups is 2. The predicted octanol–water partition coefficient (Wildman–Crippen LogP) is 4.54. The lowest BCUT2D eigenvalue weighted by molar-refractivity contribution is -0.130. The average Bonchev–Trinajstić information content (AvgIpc) is 3.53. The third-order valence-electron chi connectivity index (χ3n) is 7.80. The Bertz CT molecular complexity index is 1210. The van der Waals surface area contributed by atoms with Crippen LogP contribution >= 0.6 is 0 Å². The van der Waals surface area contributed by atoms with Gasteiger partial charge < -0.3 is 10.1 Å². The number of fused-ring (bicyclic) bond motifs is 2. The zero-order valence-corrected chi connectivity index (χ0v) is 22.4. The van der Waals surface area contributed by atoms with Crippen LogP contribution in [0.1, 0.15) is 53.5 Å². The highest BCUT2D eigenvalue weighted by atomic mass is 19.1. The molecule has 0 spiro atoms. The van der Waals surface area contributed by atoms with Crippen molar-refractivity contribution in [2.45, 2.75) is 84.7 Å². The van der Waals surface area contributed by atoms with Crippen LogP contribution in [0.3, 0.4) is 0 Å². The van der Waals surface area contributed by atoms with Gasteiger partial charge in [-0.3, -0.25) is 14.4 Å². The molecule has 2 amide bonds. The molecule has 37 heavy (non-hydrogen) atoms. The number of rotatable bonds is 6. The zero-order chi connectivity index (χ0) is 27.1. The van der Waals surface area contributed by atoms with E-state index in [1.54, 1.807) is 48.7 Å². The van der Waals surface area contributed by atoms with Crippen LogP contribution < -0.4 is 5.32 Å². The van der Waals surface area contributed by atoms with E-state index >= 15 is 0 Å². The molecule has 198 valence electrons. The lowest BCUT2D eigenvalue weighted by Gasteiger charge is -2.41. The molecule has 2 heterocycles. The van der Waals surface area contributed by atoms with Crippen LogP contribution in [0.5, 0.6) is 0 Å². The molecule has 4 rings (SSSR count). The molecule has 2 aromatic rings. The van der Waals surface area contributed by atoms with Gasteiger partial charge in [0, 0.05) is 30.8 Å². The Balaban J connectivity index is 1.49. The number of halogens is 1. The van der Waals surface area contributed by atoms with Gasteiger partial charge in [-0.1, -0.05) is 26.0 Å². The van der Waals surface area contributed by atoms with E-state index < -0.39 is 35.5 Å². The number of benzene rings is 1. The zero-order valence-electron chi connectivity index (χ0n) is 22.4. The van der Waals surface area contributed by atoms with Crippen molar-refractivity contribution in [2.75, 3.05) is 0 Å². The molecule has 1 aromatic heterocycles. The second-order valence-electron chi connectivity index (χ2n) is 11.3. The maximum Gasteiger partial charge on any atom is 0.411 e. The van der Waals surface area contributed by atoms with Gasteiger partial charge in [-0.2, -0.15) is 10.4 Å². The van der Waals surface area contributed by atoms with Crippen molar-refractivity contribution < 1.29 is 18.7 Å². The summed E-state index contributed by atoms with van der Waals surface area (Å²) in [5, 5.41) is 16.8. The number of carbonyl (C=O) groups excluding carboxylic acids is 2. The molecular formula is C28H36FN5O3. The molecule has 1 aromatic carbocycles. The number of aromatic nitrogens is 2. The Labute approximate surface area is 217 Å². The van der Waals surface area contributed by atoms with Crippen molar-refractivity contribution in [1.82, 2.24) is 20.0 Å². The summed E-state index contributed by atoms with van der Waals surface area (Å²) in [6.45, 7) is 12.3. The van der Waals surface area contributed by atoms with Crippen LogP contribution in [0.15, 0.2) is 30.6 Å². The van der Waals surface area contributed by atoms with Crippen molar-refractivity contribution in [1.29, 1.82) is 5.26 Å². The summed E-state index contributed by atoms with van der Waals surface area (Å²) in [6.07, 6.45) is 3.76. The Morgan fingerprint density at radius 1 is 1.27 bits per heavy atom. The van der Waals surface area contributed by atoms with Crippen LogP contribution in [-0.4, -0.2) is 50.4 Å². The number of ether oxygens (including phenoxy) is 1. The first-order valence-corrected chi connectivity index (χ1v) is 13.0. The van der Waals surface area contributed by atoms with Gasteiger partial charge in [0.05, 0.1) is 12.3 Å². The second-order valence-corrected chi connectivity index (χ2v) is 11.3. The Kier molecular flexibility index (Phi) is 7.31. The number of hydrogen-bond acceptors (Lipinski definition) is 5. The third kappa shape index (κ3) is 5.34. The standard InChI is InChI=1S/C28H36FN5O3/c1-7-33-15-20(14-31-33)18-8-9-19(23(29)11-18)10-21(13-30)32-26(35)25-22-12-24(17(3)16(22)2)34(25)27(36)37-28(4,5)6/h8-9,11,14-17,21-22,24-25H,7,10,12H2,1-6H3,(H,32,35)/t16-,17+,21+,22+,24+,25+/m1/s1. The normalized spacial score (nSPS) is 25.6. The summed E-state index contributed by atoms with van der Waals surface area (Å²) < 4.78 is 22.4. The fraction of sp³-hybridized carbons (Fsp3) is 0.571. The highest BCUT2D eigenvalue weighted by molar-refractivity contribution is 5.88. The molecule has 2 fully saturated rings. The molecule has 1 aliphatic heterocycles. The van der Waals surface area contributed by atoms with E-state index in [0.29, 0.717) is 11.1 Å². The van der Waals surface area contributed by atoms with Gasteiger partial charge in [0.2, 0.25) is 5.91 Å². The minimum Gasteiger partial charge on any atom is -0.444 e. The molecule has 2 aliphatic rings. The van der Waals surface area contributed by atoms with Crippen molar-refractivity contribution >= 4 is 12.0 Å². The lowest BCUT2D eigenvalue weighted by atomic mass is 9.83. The number of aryl methyl sites for hydroxylation is 1. The van der Waals surface area contributed by atoms with E-state index in [2.05, 4.69) is 30.3 Å². The molecule has 1 aliphatic carbocycles. The third-order valence-corrected chi connectivity index (χ3v) is 7.80. The molecular weight excluding hydrogens is 473 g/mol. The minimum atomic E-state index is -0.942. The molecule has 2 bridgehead atoms. The number of nitrogens with one attached hydrogen (secondary N) is 1. The Hall–Kier alpha value is -3.41. The van der Waals surface area contributed by atoms with Crippen LogP contribution in [0.2, 0.25) is 0 Å². The van der Waals surface area contributed by atoms with Crippen LogP contribution in [0, 0.1) is 34.9 Å². The van der Waals surface area contributed by atoms with Gasteiger partial charge in [0.15, 0.2) is 0 Å².